The Bertz CT molecular complexity index is 847. The molecule has 0 radical (unpaired) electrons. The zero-order valence-corrected chi connectivity index (χ0v) is 14.4. The summed E-state index contributed by atoms with van der Waals surface area (Å²) in [4.78, 5) is 0. The van der Waals surface area contributed by atoms with E-state index in [-0.39, 0.29) is 0 Å². The van der Waals surface area contributed by atoms with Gasteiger partial charge >= 0.3 is 0 Å². The predicted molar refractivity (Wildman–Crippen MR) is 95.6 cm³/mol. The molecule has 0 fully saturated rings. The smallest absolute Gasteiger partial charge is 0.123 e. The van der Waals surface area contributed by atoms with E-state index in [4.69, 9.17) is 4.74 Å². The standard InChI is InChI=1S/C21H22O5/c1-12-10-21(25)17(19(23)18(12)22)16-14(20(21)24)8-5-9-15(16)26-11-13-6-3-2-4-7-13/h2-10,17-20,22-25H,11H2,1H3/t17-,18-,19-,20+,21-/m0/s1. The van der Waals surface area contributed by atoms with Crippen molar-refractivity contribution in [3.8, 4) is 5.75 Å². The van der Waals surface area contributed by atoms with Crippen LogP contribution in [-0.2, 0) is 6.61 Å². The fourth-order valence-electron chi connectivity index (χ4n) is 4.16. The van der Waals surface area contributed by atoms with Gasteiger partial charge < -0.3 is 25.2 Å². The highest BCUT2D eigenvalue weighted by Crippen LogP contribution is 2.56. The number of aliphatic hydroxyl groups excluding tert-OH is 3. The second-order valence-electron chi connectivity index (χ2n) is 7.12. The van der Waals surface area contributed by atoms with E-state index in [0.717, 1.165) is 5.56 Å². The van der Waals surface area contributed by atoms with Crippen LogP contribution in [0.1, 0.15) is 35.6 Å². The molecule has 0 saturated carbocycles. The first-order valence-corrected chi connectivity index (χ1v) is 8.69. The third-order valence-electron chi connectivity index (χ3n) is 5.47. The van der Waals surface area contributed by atoms with E-state index >= 15 is 0 Å². The Hall–Kier alpha value is -2.18. The Labute approximate surface area is 151 Å². The van der Waals surface area contributed by atoms with Crippen molar-refractivity contribution < 1.29 is 25.2 Å². The topological polar surface area (TPSA) is 90.2 Å². The third-order valence-corrected chi connectivity index (χ3v) is 5.47. The summed E-state index contributed by atoms with van der Waals surface area (Å²) in [6, 6.07) is 14.9. The fraction of sp³-hybridized carbons (Fsp3) is 0.333. The van der Waals surface area contributed by atoms with E-state index in [1.165, 1.54) is 6.08 Å². The minimum absolute atomic E-state index is 0.325. The van der Waals surface area contributed by atoms with E-state index in [1.807, 2.05) is 30.3 Å². The first kappa shape index (κ1) is 17.2. The number of benzene rings is 2. The summed E-state index contributed by atoms with van der Waals surface area (Å²) in [5.74, 6) is -0.372. The molecule has 0 aliphatic heterocycles. The molecule has 0 amide bonds. The van der Waals surface area contributed by atoms with Crippen molar-refractivity contribution in [1.29, 1.82) is 0 Å². The first-order chi connectivity index (χ1) is 12.4. The molecule has 136 valence electrons. The van der Waals surface area contributed by atoms with E-state index in [1.54, 1.807) is 25.1 Å². The lowest BCUT2D eigenvalue weighted by molar-refractivity contribution is -0.101. The number of fused-ring (bicyclic) bond motifs is 3. The summed E-state index contributed by atoms with van der Waals surface area (Å²) in [5, 5.41) is 42.7. The zero-order chi connectivity index (χ0) is 18.5. The molecule has 5 nitrogen and oxygen atoms in total. The number of rotatable bonds is 3. The van der Waals surface area contributed by atoms with Crippen molar-refractivity contribution >= 4 is 0 Å². The highest BCUT2D eigenvalue weighted by molar-refractivity contribution is 5.55. The summed E-state index contributed by atoms with van der Waals surface area (Å²) >= 11 is 0. The normalized spacial score (nSPS) is 32.6. The van der Waals surface area contributed by atoms with Gasteiger partial charge in [0.15, 0.2) is 0 Å². The molecule has 2 aromatic carbocycles. The molecule has 2 aliphatic carbocycles. The Kier molecular flexibility index (Phi) is 4.12. The lowest BCUT2D eigenvalue weighted by atomic mass is 9.73. The van der Waals surface area contributed by atoms with E-state index < -0.39 is 29.8 Å². The highest BCUT2D eigenvalue weighted by atomic mass is 16.5. The SMILES string of the molecule is CC1=C[C@@]2(O)[C@H](O)c3cccc(OCc4ccccc4)c3[C@H]2[C@H](O)[C@H]1O. The Morgan fingerprint density at radius 2 is 1.73 bits per heavy atom. The Balaban J connectivity index is 1.75. The zero-order valence-electron chi connectivity index (χ0n) is 14.4. The maximum Gasteiger partial charge on any atom is 0.123 e. The predicted octanol–water partition coefficient (Wildman–Crippen LogP) is 1.81. The van der Waals surface area contributed by atoms with Crippen molar-refractivity contribution in [3.63, 3.8) is 0 Å². The molecule has 0 unspecified atom stereocenters. The largest absolute Gasteiger partial charge is 0.489 e. The Morgan fingerprint density at radius 1 is 1.00 bits per heavy atom. The second kappa shape index (κ2) is 6.21. The van der Waals surface area contributed by atoms with E-state index in [0.29, 0.717) is 29.1 Å². The lowest BCUT2D eigenvalue weighted by Crippen LogP contribution is -2.49. The minimum Gasteiger partial charge on any atom is -0.489 e. The van der Waals surface area contributed by atoms with Crippen LogP contribution >= 0.6 is 0 Å². The molecule has 0 aromatic heterocycles. The molecule has 26 heavy (non-hydrogen) atoms. The van der Waals surface area contributed by atoms with Crippen LogP contribution in [-0.4, -0.2) is 38.2 Å². The number of hydrogen-bond donors (Lipinski definition) is 4. The van der Waals surface area contributed by atoms with Gasteiger partial charge in [-0.2, -0.15) is 0 Å². The molecule has 4 rings (SSSR count). The number of hydrogen-bond acceptors (Lipinski definition) is 5. The maximum absolute atomic E-state index is 11.1. The van der Waals surface area contributed by atoms with Gasteiger partial charge in [0.25, 0.3) is 0 Å². The molecular weight excluding hydrogens is 332 g/mol. The molecule has 0 saturated heterocycles. The number of ether oxygens (including phenoxy) is 1. The number of aliphatic hydroxyl groups is 4. The molecule has 0 spiro atoms. The molecule has 5 atom stereocenters. The van der Waals surface area contributed by atoms with Gasteiger partial charge in [-0.3, -0.25) is 0 Å². The van der Waals surface area contributed by atoms with Crippen LogP contribution in [0.2, 0.25) is 0 Å². The summed E-state index contributed by atoms with van der Waals surface area (Å²) in [6.07, 6.45) is -2.07. The van der Waals surface area contributed by atoms with Crippen molar-refractivity contribution in [2.24, 2.45) is 0 Å². The Morgan fingerprint density at radius 3 is 2.46 bits per heavy atom. The molecule has 0 heterocycles. The summed E-state index contributed by atoms with van der Waals surface area (Å²) < 4.78 is 5.95. The summed E-state index contributed by atoms with van der Waals surface area (Å²) in [6.45, 7) is 1.96. The molecule has 2 aromatic rings. The van der Waals surface area contributed by atoms with Crippen LogP contribution < -0.4 is 4.74 Å². The molecular formula is C21H22O5. The maximum atomic E-state index is 11.1. The minimum atomic E-state index is -1.67. The van der Waals surface area contributed by atoms with Crippen molar-refractivity contribution in [2.45, 2.75) is 43.4 Å². The van der Waals surface area contributed by atoms with Gasteiger partial charge in [0.05, 0.1) is 12.0 Å². The molecule has 0 bridgehead atoms. The van der Waals surface area contributed by atoms with Crippen molar-refractivity contribution in [3.05, 3.63) is 76.9 Å². The lowest BCUT2D eigenvalue weighted by Gasteiger charge is -2.40. The average Bonchev–Trinajstić information content (AvgIpc) is 2.87. The monoisotopic (exact) mass is 354 g/mol. The van der Waals surface area contributed by atoms with Crippen LogP contribution in [0.5, 0.6) is 5.75 Å². The fourth-order valence-corrected chi connectivity index (χ4v) is 4.16. The molecule has 2 aliphatic rings. The molecule has 4 N–H and O–H groups in total. The van der Waals surface area contributed by atoms with E-state index in [9.17, 15) is 20.4 Å². The van der Waals surface area contributed by atoms with Gasteiger partial charge in [-0.25, -0.2) is 0 Å². The summed E-state index contributed by atoms with van der Waals surface area (Å²) in [5.41, 5.74) is 0.819. The van der Waals surface area contributed by atoms with Gasteiger partial charge in [0.1, 0.15) is 30.2 Å². The average molecular weight is 354 g/mol. The second-order valence-corrected chi connectivity index (χ2v) is 7.12. The van der Waals surface area contributed by atoms with Crippen LogP contribution in [0.4, 0.5) is 0 Å². The van der Waals surface area contributed by atoms with Crippen LogP contribution in [0, 0.1) is 0 Å². The first-order valence-electron chi connectivity index (χ1n) is 8.69. The third kappa shape index (κ3) is 2.47. The van der Waals surface area contributed by atoms with Gasteiger partial charge in [-0.15, -0.1) is 0 Å². The molecule has 5 heteroatoms. The quantitative estimate of drug-likeness (QED) is 0.631. The van der Waals surface area contributed by atoms with E-state index in [2.05, 4.69) is 0 Å². The van der Waals surface area contributed by atoms with Gasteiger partial charge in [-0.1, -0.05) is 42.5 Å². The van der Waals surface area contributed by atoms with Gasteiger partial charge in [0.2, 0.25) is 0 Å². The summed E-state index contributed by atoms with van der Waals surface area (Å²) in [7, 11) is 0. The van der Waals surface area contributed by atoms with Crippen LogP contribution in [0.3, 0.4) is 0 Å². The van der Waals surface area contributed by atoms with Crippen LogP contribution in [0.25, 0.3) is 0 Å². The van der Waals surface area contributed by atoms with Crippen LogP contribution in [0.15, 0.2) is 60.2 Å². The van der Waals surface area contributed by atoms with Gasteiger partial charge in [0, 0.05) is 5.56 Å². The highest BCUT2D eigenvalue weighted by Gasteiger charge is 2.58. The van der Waals surface area contributed by atoms with Crippen molar-refractivity contribution in [1.82, 2.24) is 0 Å². The van der Waals surface area contributed by atoms with Gasteiger partial charge in [-0.05, 0) is 35.8 Å². The van der Waals surface area contributed by atoms with Crippen molar-refractivity contribution in [2.75, 3.05) is 0 Å².